The lowest BCUT2D eigenvalue weighted by atomic mass is 10.1. The number of hydrogen-bond acceptors (Lipinski definition) is 4. The fraction of sp³-hybridized carbons (Fsp3) is 0.476. The number of hydrogen-bond donors (Lipinski definition) is 1. The van der Waals surface area contributed by atoms with Crippen molar-refractivity contribution in [3.63, 3.8) is 0 Å². The first-order valence-electron chi connectivity index (χ1n) is 9.25. The second-order valence-electron chi connectivity index (χ2n) is 7.21. The largest absolute Gasteiger partial charge is 0.377 e. The zero-order chi connectivity index (χ0) is 18.5. The summed E-state index contributed by atoms with van der Waals surface area (Å²) in [6.45, 7) is 8.98. The first-order chi connectivity index (χ1) is 12.5. The number of thiophene rings is 1. The van der Waals surface area contributed by atoms with Crippen LogP contribution in [0.5, 0.6) is 0 Å². The summed E-state index contributed by atoms with van der Waals surface area (Å²) in [4.78, 5) is 16.2. The summed E-state index contributed by atoms with van der Waals surface area (Å²) in [5, 5.41) is 5.20. The molecule has 1 aromatic heterocycles. The second-order valence-corrected chi connectivity index (χ2v) is 8.24. The molecule has 1 atom stereocenters. The van der Waals surface area contributed by atoms with E-state index < -0.39 is 0 Å². The molecule has 5 heteroatoms. The molecule has 0 bridgehead atoms. The van der Waals surface area contributed by atoms with Gasteiger partial charge in [-0.1, -0.05) is 23.8 Å². The van der Waals surface area contributed by atoms with Crippen molar-refractivity contribution in [2.75, 3.05) is 25.0 Å². The Morgan fingerprint density at radius 2 is 2.08 bits per heavy atom. The number of nitrogens with one attached hydrogen (secondary N) is 1. The average Bonchev–Trinajstić information content (AvgIpc) is 3.24. The van der Waals surface area contributed by atoms with E-state index in [9.17, 15) is 4.79 Å². The van der Waals surface area contributed by atoms with Gasteiger partial charge in [0.15, 0.2) is 0 Å². The minimum atomic E-state index is 0.0367. The summed E-state index contributed by atoms with van der Waals surface area (Å²) in [6, 6.07) is 8.40. The van der Waals surface area contributed by atoms with Crippen molar-refractivity contribution in [1.82, 2.24) is 4.90 Å². The molecule has 3 rings (SSSR count). The number of rotatable bonds is 7. The van der Waals surface area contributed by atoms with Crippen LogP contribution in [0.3, 0.4) is 0 Å². The summed E-state index contributed by atoms with van der Waals surface area (Å²) >= 11 is 1.73. The highest BCUT2D eigenvalue weighted by atomic mass is 32.1. The van der Waals surface area contributed by atoms with Gasteiger partial charge in [0.2, 0.25) is 5.91 Å². The van der Waals surface area contributed by atoms with E-state index in [1.54, 1.807) is 11.3 Å². The number of amides is 1. The van der Waals surface area contributed by atoms with Crippen LogP contribution in [0, 0.1) is 20.8 Å². The minimum Gasteiger partial charge on any atom is -0.377 e. The minimum absolute atomic E-state index is 0.0367. The standard InChI is InChI=1S/C21H28N2O2S/c1-15-10-16(2)21(17(3)11-15)22-20(24)14-23(12-18-6-4-8-25-18)13-19-7-5-9-26-19/h5,7,9-11,18H,4,6,8,12-14H2,1-3H3,(H,22,24)/t18-/m1/s1. The highest BCUT2D eigenvalue weighted by Gasteiger charge is 2.21. The smallest absolute Gasteiger partial charge is 0.238 e. The van der Waals surface area contributed by atoms with E-state index in [0.717, 1.165) is 49.4 Å². The van der Waals surface area contributed by atoms with Crippen molar-refractivity contribution in [3.8, 4) is 0 Å². The molecular weight excluding hydrogens is 344 g/mol. The molecule has 1 aliphatic heterocycles. The van der Waals surface area contributed by atoms with Crippen molar-refractivity contribution < 1.29 is 9.53 Å². The Bertz CT molecular complexity index is 713. The Labute approximate surface area is 160 Å². The average molecular weight is 373 g/mol. The van der Waals surface area contributed by atoms with Crippen molar-refractivity contribution in [2.45, 2.75) is 46.3 Å². The van der Waals surface area contributed by atoms with Gasteiger partial charge in [-0.2, -0.15) is 0 Å². The van der Waals surface area contributed by atoms with E-state index in [1.165, 1.54) is 10.4 Å². The maximum atomic E-state index is 12.7. The van der Waals surface area contributed by atoms with Crippen molar-refractivity contribution >= 4 is 22.9 Å². The van der Waals surface area contributed by atoms with E-state index in [0.29, 0.717) is 6.54 Å². The number of benzene rings is 1. The molecule has 0 spiro atoms. The molecule has 4 nitrogen and oxygen atoms in total. The topological polar surface area (TPSA) is 41.6 Å². The van der Waals surface area contributed by atoms with Crippen LogP contribution in [0.1, 0.15) is 34.4 Å². The van der Waals surface area contributed by atoms with Gasteiger partial charge >= 0.3 is 0 Å². The fourth-order valence-electron chi connectivity index (χ4n) is 3.64. The summed E-state index contributed by atoms with van der Waals surface area (Å²) < 4.78 is 5.78. The predicted octanol–water partition coefficient (Wildman–Crippen LogP) is 4.29. The highest BCUT2D eigenvalue weighted by Crippen LogP contribution is 2.22. The van der Waals surface area contributed by atoms with Gasteiger partial charge in [-0.25, -0.2) is 0 Å². The molecule has 1 fully saturated rings. The molecule has 0 radical (unpaired) electrons. The third-order valence-electron chi connectivity index (χ3n) is 4.75. The molecule has 0 saturated carbocycles. The SMILES string of the molecule is Cc1cc(C)c(NC(=O)CN(Cc2cccs2)C[C@H]2CCCO2)c(C)c1. The van der Waals surface area contributed by atoms with Gasteiger partial charge in [-0.3, -0.25) is 9.69 Å². The predicted molar refractivity (Wildman–Crippen MR) is 108 cm³/mol. The van der Waals surface area contributed by atoms with Crippen LogP contribution < -0.4 is 5.32 Å². The first kappa shape index (κ1) is 19.1. The molecule has 2 aromatic rings. The molecule has 140 valence electrons. The van der Waals surface area contributed by atoms with Gasteiger partial charge in [-0.05, 0) is 56.2 Å². The van der Waals surface area contributed by atoms with Gasteiger partial charge < -0.3 is 10.1 Å². The van der Waals surface area contributed by atoms with Gasteiger partial charge in [0, 0.05) is 30.3 Å². The molecule has 1 N–H and O–H groups in total. The number of anilines is 1. The second kappa shape index (κ2) is 8.80. The maximum Gasteiger partial charge on any atom is 0.238 e. The summed E-state index contributed by atoms with van der Waals surface area (Å²) in [5.41, 5.74) is 4.38. The highest BCUT2D eigenvalue weighted by molar-refractivity contribution is 7.09. The van der Waals surface area contributed by atoms with Crippen LogP contribution in [0.4, 0.5) is 5.69 Å². The maximum absolute atomic E-state index is 12.7. The Morgan fingerprint density at radius 3 is 2.69 bits per heavy atom. The number of ether oxygens (including phenoxy) is 1. The van der Waals surface area contributed by atoms with E-state index in [1.807, 2.05) is 13.8 Å². The number of nitrogens with zero attached hydrogens (tertiary/aromatic N) is 1. The van der Waals surface area contributed by atoms with Crippen LogP contribution in [0.15, 0.2) is 29.6 Å². The van der Waals surface area contributed by atoms with Crippen molar-refractivity contribution in [3.05, 3.63) is 51.2 Å². The van der Waals surface area contributed by atoms with Crippen LogP contribution in [0.2, 0.25) is 0 Å². The van der Waals surface area contributed by atoms with Crippen LogP contribution >= 0.6 is 11.3 Å². The third kappa shape index (κ3) is 5.16. The number of aryl methyl sites for hydroxylation is 3. The van der Waals surface area contributed by atoms with Gasteiger partial charge in [0.25, 0.3) is 0 Å². The van der Waals surface area contributed by atoms with Crippen LogP contribution in [-0.2, 0) is 16.1 Å². The Kier molecular flexibility index (Phi) is 6.46. The summed E-state index contributed by atoms with van der Waals surface area (Å²) in [7, 11) is 0. The summed E-state index contributed by atoms with van der Waals surface area (Å²) in [5.74, 6) is 0.0367. The van der Waals surface area contributed by atoms with E-state index in [4.69, 9.17) is 4.74 Å². The van der Waals surface area contributed by atoms with Gasteiger partial charge in [0.1, 0.15) is 0 Å². The van der Waals surface area contributed by atoms with E-state index in [2.05, 4.69) is 46.8 Å². The van der Waals surface area contributed by atoms with Crippen molar-refractivity contribution in [2.24, 2.45) is 0 Å². The Balaban J connectivity index is 1.66. The molecule has 1 aromatic carbocycles. The molecule has 2 heterocycles. The zero-order valence-electron chi connectivity index (χ0n) is 15.9. The molecule has 0 aliphatic carbocycles. The Morgan fingerprint density at radius 1 is 1.31 bits per heavy atom. The lowest BCUT2D eigenvalue weighted by molar-refractivity contribution is -0.117. The summed E-state index contributed by atoms with van der Waals surface area (Å²) in [6.07, 6.45) is 2.44. The molecule has 0 unspecified atom stereocenters. The van der Waals surface area contributed by atoms with Crippen LogP contribution in [-0.4, -0.2) is 36.6 Å². The lowest BCUT2D eigenvalue weighted by Crippen LogP contribution is -2.37. The molecule has 1 aliphatic rings. The number of carbonyl (C=O) groups excluding carboxylic acids is 1. The fourth-order valence-corrected chi connectivity index (χ4v) is 4.39. The molecule has 26 heavy (non-hydrogen) atoms. The van der Waals surface area contributed by atoms with Gasteiger partial charge in [-0.15, -0.1) is 11.3 Å². The zero-order valence-corrected chi connectivity index (χ0v) is 16.7. The van der Waals surface area contributed by atoms with Crippen LogP contribution in [0.25, 0.3) is 0 Å². The third-order valence-corrected chi connectivity index (χ3v) is 5.62. The van der Waals surface area contributed by atoms with E-state index >= 15 is 0 Å². The monoisotopic (exact) mass is 372 g/mol. The normalized spacial score (nSPS) is 17.0. The van der Waals surface area contributed by atoms with E-state index in [-0.39, 0.29) is 12.0 Å². The lowest BCUT2D eigenvalue weighted by Gasteiger charge is -2.24. The molecular formula is C21H28N2O2S. The first-order valence-corrected chi connectivity index (χ1v) is 10.1. The van der Waals surface area contributed by atoms with Gasteiger partial charge in [0.05, 0.1) is 12.6 Å². The Hall–Kier alpha value is -1.69. The number of carbonyl (C=O) groups is 1. The van der Waals surface area contributed by atoms with Crippen molar-refractivity contribution in [1.29, 1.82) is 0 Å². The quantitative estimate of drug-likeness (QED) is 0.788. The molecule has 1 amide bonds. The molecule has 1 saturated heterocycles.